The van der Waals surface area contributed by atoms with Crippen molar-refractivity contribution in [2.24, 2.45) is 11.1 Å². The molecule has 0 spiro atoms. The summed E-state index contributed by atoms with van der Waals surface area (Å²) in [7, 11) is 0. The Kier molecular flexibility index (Phi) is 6.70. The van der Waals surface area contributed by atoms with Crippen molar-refractivity contribution in [2.45, 2.75) is 26.2 Å². The van der Waals surface area contributed by atoms with Gasteiger partial charge in [-0.2, -0.15) is 0 Å². The minimum Gasteiger partial charge on any atom is -0.493 e. The third-order valence-corrected chi connectivity index (χ3v) is 5.94. The molecule has 1 saturated heterocycles. The van der Waals surface area contributed by atoms with Crippen molar-refractivity contribution < 1.29 is 14.3 Å². The lowest BCUT2D eigenvalue weighted by Gasteiger charge is -2.42. The number of piperidine rings is 1. The van der Waals surface area contributed by atoms with Gasteiger partial charge in [-0.3, -0.25) is 9.59 Å². The van der Waals surface area contributed by atoms with Crippen LogP contribution in [0.4, 0.5) is 0 Å². The summed E-state index contributed by atoms with van der Waals surface area (Å²) in [6.45, 7) is 3.23. The molecule has 2 N–H and O–H groups in total. The molecule has 1 atom stereocenters. The van der Waals surface area contributed by atoms with Gasteiger partial charge in [-0.25, -0.2) is 0 Å². The SMILES string of the molecule is Cc1cc(OC[C@@]2(CC(N)=O)CCCN(C(=O)c3ccc(Cl)cc3)C2)ccc1Cl. The van der Waals surface area contributed by atoms with Gasteiger partial charge in [-0.15, -0.1) is 0 Å². The summed E-state index contributed by atoms with van der Waals surface area (Å²) in [6.07, 6.45) is 1.69. The van der Waals surface area contributed by atoms with Gasteiger partial charge >= 0.3 is 0 Å². The van der Waals surface area contributed by atoms with Crippen LogP contribution >= 0.6 is 23.2 Å². The molecule has 0 aromatic heterocycles. The smallest absolute Gasteiger partial charge is 0.253 e. The number of amides is 2. The van der Waals surface area contributed by atoms with Crippen LogP contribution in [0.1, 0.15) is 35.2 Å². The van der Waals surface area contributed by atoms with E-state index in [9.17, 15) is 9.59 Å². The van der Waals surface area contributed by atoms with Crippen molar-refractivity contribution in [2.75, 3.05) is 19.7 Å². The van der Waals surface area contributed by atoms with E-state index in [0.717, 1.165) is 18.4 Å². The molecule has 0 saturated carbocycles. The van der Waals surface area contributed by atoms with Gasteiger partial charge in [0.2, 0.25) is 5.91 Å². The molecule has 3 rings (SSSR count). The fraction of sp³-hybridized carbons (Fsp3) is 0.364. The van der Waals surface area contributed by atoms with E-state index in [-0.39, 0.29) is 12.3 Å². The van der Waals surface area contributed by atoms with Gasteiger partial charge in [-0.1, -0.05) is 23.2 Å². The van der Waals surface area contributed by atoms with Gasteiger partial charge in [-0.05, 0) is 67.8 Å². The van der Waals surface area contributed by atoms with Crippen molar-refractivity contribution in [1.29, 1.82) is 0 Å². The van der Waals surface area contributed by atoms with Crippen LogP contribution < -0.4 is 10.5 Å². The van der Waals surface area contributed by atoms with Crippen LogP contribution in [0, 0.1) is 12.3 Å². The van der Waals surface area contributed by atoms with Gasteiger partial charge in [0.25, 0.3) is 5.91 Å². The Morgan fingerprint density at radius 1 is 1.17 bits per heavy atom. The van der Waals surface area contributed by atoms with E-state index in [1.807, 2.05) is 13.0 Å². The Labute approximate surface area is 180 Å². The molecule has 2 amide bonds. The molecule has 2 aromatic rings. The number of ether oxygens (including phenoxy) is 1. The van der Waals surface area contributed by atoms with E-state index in [0.29, 0.717) is 41.1 Å². The molecule has 0 aliphatic carbocycles. The van der Waals surface area contributed by atoms with Gasteiger partial charge in [0.1, 0.15) is 5.75 Å². The minimum atomic E-state index is -0.528. The van der Waals surface area contributed by atoms with Crippen molar-refractivity contribution in [3.8, 4) is 5.75 Å². The summed E-state index contributed by atoms with van der Waals surface area (Å²) in [6, 6.07) is 12.3. The number of benzene rings is 2. The predicted octanol–water partition coefficient (Wildman–Crippen LogP) is 4.48. The van der Waals surface area contributed by atoms with Crippen LogP contribution in [0.2, 0.25) is 10.0 Å². The zero-order valence-electron chi connectivity index (χ0n) is 16.3. The first-order valence-corrected chi connectivity index (χ1v) is 10.3. The number of aryl methyl sites for hydroxylation is 1. The molecule has 1 aliphatic heterocycles. The second kappa shape index (κ2) is 9.06. The van der Waals surface area contributed by atoms with E-state index in [4.69, 9.17) is 33.7 Å². The largest absolute Gasteiger partial charge is 0.493 e. The van der Waals surface area contributed by atoms with E-state index in [2.05, 4.69) is 0 Å². The van der Waals surface area contributed by atoms with Crippen molar-refractivity contribution in [3.63, 3.8) is 0 Å². The number of hydrogen-bond acceptors (Lipinski definition) is 3. The number of hydrogen-bond donors (Lipinski definition) is 1. The van der Waals surface area contributed by atoms with Crippen LogP contribution in [-0.2, 0) is 4.79 Å². The van der Waals surface area contributed by atoms with Crippen molar-refractivity contribution >= 4 is 35.0 Å². The van der Waals surface area contributed by atoms with Crippen LogP contribution in [0.15, 0.2) is 42.5 Å². The summed E-state index contributed by atoms with van der Waals surface area (Å²) in [4.78, 5) is 26.5. The number of rotatable bonds is 6. The second-order valence-electron chi connectivity index (χ2n) is 7.68. The molecule has 0 unspecified atom stereocenters. The normalized spacial score (nSPS) is 19.1. The van der Waals surface area contributed by atoms with Crippen molar-refractivity contribution in [1.82, 2.24) is 4.90 Å². The number of halogens is 2. The van der Waals surface area contributed by atoms with Gasteiger partial charge in [0, 0.05) is 40.5 Å². The van der Waals surface area contributed by atoms with Gasteiger partial charge in [0.15, 0.2) is 0 Å². The van der Waals surface area contributed by atoms with E-state index >= 15 is 0 Å². The van der Waals surface area contributed by atoms with Crippen LogP contribution in [-0.4, -0.2) is 36.4 Å². The lowest BCUT2D eigenvalue weighted by Crippen LogP contribution is -2.50. The average molecular weight is 435 g/mol. The minimum absolute atomic E-state index is 0.0856. The summed E-state index contributed by atoms with van der Waals surface area (Å²) >= 11 is 12.0. The maximum absolute atomic E-state index is 13.0. The molecule has 154 valence electrons. The maximum Gasteiger partial charge on any atom is 0.253 e. The van der Waals surface area contributed by atoms with Crippen LogP contribution in [0.3, 0.4) is 0 Å². The number of nitrogens with two attached hydrogens (primary N) is 1. The Morgan fingerprint density at radius 2 is 1.90 bits per heavy atom. The monoisotopic (exact) mass is 434 g/mol. The average Bonchev–Trinajstić information content (AvgIpc) is 2.69. The highest BCUT2D eigenvalue weighted by molar-refractivity contribution is 6.31. The van der Waals surface area contributed by atoms with Gasteiger partial charge in [0.05, 0.1) is 6.61 Å². The number of carbonyl (C=O) groups excluding carboxylic acids is 2. The number of nitrogens with zero attached hydrogens (tertiary/aromatic N) is 1. The first kappa shape index (κ1) is 21.5. The Hall–Kier alpha value is -2.24. The first-order chi connectivity index (χ1) is 13.8. The molecule has 1 aliphatic rings. The first-order valence-electron chi connectivity index (χ1n) is 9.50. The molecular formula is C22H24Cl2N2O3. The summed E-state index contributed by atoms with van der Waals surface area (Å²) in [5, 5.41) is 1.25. The number of likely N-dealkylation sites (tertiary alicyclic amines) is 1. The standard InChI is InChI=1S/C22H24Cl2N2O3/c1-15-11-18(7-8-19(15)24)29-14-22(12-20(25)27)9-2-10-26(13-22)21(28)16-3-5-17(23)6-4-16/h3-8,11H,2,9-10,12-14H2,1H3,(H2,25,27)/t22-/m1/s1. The molecular weight excluding hydrogens is 411 g/mol. The second-order valence-corrected chi connectivity index (χ2v) is 8.52. The highest BCUT2D eigenvalue weighted by Crippen LogP contribution is 2.35. The molecule has 0 radical (unpaired) electrons. The molecule has 1 heterocycles. The molecule has 0 bridgehead atoms. The topological polar surface area (TPSA) is 72.6 Å². The highest BCUT2D eigenvalue weighted by atomic mass is 35.5. The quantitative estimate of drug-likeness (QED) is 0.727. The Morgan fingerprint density at radius 3 is 2.55 bits per heavy atom. The molecule has 2 aromatic carbocycles. The van der Waals surface area contributed by atoms with Crippen LogP contribution in [0.5, 0.6) is 5.75 Å². The predicted molar refractivity (Wildman–Crippen MR) is 115 cm³/mol. The molecule has 7 heteroatoms. The van der Waals surface area contributed by atoms with E-state index < -0.39 is 11.3 Å². The highest BCUT2D eigenvalue weighted by Gasteiger charge is 2.39. The third-order valence-electron chi connectivity index (χ3n) is 5.26. The third kappa shape index (κ3) is 5.43. The summed E-state index contributed by atoms with van der Waals surface area (Å²) in [5.74, 6) is 0.191. The fourth-order valence-corrected chi connectivity index (χ4v) is 4.03. The Bertz CT molecular complexity index is 901. The Balaban J connectivity index is 1.77. The number of primary amides is 1. The summed E-state index contributed by atoms with van der Waals surface area (Å²) < 4.78 is 6.01. The van der Waals surface area contributed by atoms with E-state index in [1.54, 1.807) is 41.3 Å². The maximum atomic E-state index is 13.0. The zero-order valence-corrected chi connectivity index (χ0v) is 17.8. The molecule has 1 fully saturated rings. The lowest BCUT2D eigenvalue weighted by atomic mass is 9.77. The molecule has 29 heavy (non-hydrogen) atoms. The van der Waals surface area contributed by atoms with Crippen LogP contribution in [0.25, 0.3) is 0 Å². The summed E-state index contributed by atoms with van der Waals surface area (Å²) in [5.41, 5.74) is 6.49. The molecule has 5 nitrogen and oxygen atoms in total. The van der Waals surface area contributed by atoms with Crippen molar-refractivity contribution in [3.05, 3.63) is 63.6 Å². The number of carbonyl (C=O) groups is 2. The lowest BCUT2D eigenvalue weighted by molar-refractivity contribution is -0.122. The van der Waals surface area contributed by atoms with E-state index in [1.165, 1.54) is 0 Å². The fourth-order valence-electron chi connectivity index (χ4n) is 3.78. The van der Waals surface area contributed by atoms with Gasteiger partial charge < -0.3 is 15.4 Å². The zero-order chi connectivity index (χ0) is 21.0.